The van der Waals surface area contributed by atoms with Crippen LogP contribution in [0.25, 0.3) is 0 Å². The van der Waals surface area contributed by atoms with Crippen LogP contribution in [-0.4, -0.2) is 40.4 Å². The van der Waals surface area contributed by atoms with Crippen molar-refractivity contribution in [3.63, 3.8) is 0 Å². The highest BCUT2D eigenvalue weighted by Crippen LogP contribution is 2.57. The van der Waals surface area contributed by atoms with Crippen LogP contribution >= 0.6 is 0 Å². The first-order chi connectivity index (χ1) is 7.16. The third-order valence-corrected chi connectivity index (χ3v) is 4.19. The van der Waals surface area contributed by atoms with E-state index in [1.807, 2.05) is 13.8 Å². The quantitative estimate of drug-likeness (QED) is 0.724. The van der Waals surface area contributed by atoms with Gasteiger partial charge < -0.3 is 5.11 Å². The molecule has 0 bridgehead atoms. The first-order valence-electron chi connectivity index (χ1n) is 6.28. The van der Waals surface area contributed by atoms with Crippen LogP contribution in [0.3, 0.4) is 0 Å². The molecule has 0 radical (unpaired) electrons. The van der Waals surface area contributed by atoms with Crippen LogP contribution in [0.2, 0.25) is 0 Å². The van der Waals surface area contributed by atoms with E-state index >= 15 is 0 Å². The minimum Gasteiger partial charge on any atom is -0.388 e. The molecule has 3 rings (SSSR count). The van der Waals surface area contributed by atoms with E-state index in [1.54, 1.807) is 0 Å². The first kappa shape index (κ1) is 11.3. The van der Waals surface area contributed by atoms with Crippen molar-refractivity contribution < 1.29 is 9.50 Å². The smallest absolute Gasteiger partial charge is 0.115 e. The van der Waals surface area contributed by atoms with Crippen LogP contribution in [0.15, 0.2) is 0 Å². The van der Waals surface area contributed by atoms with Crippen LogP contribution in [-0.2, 0) is 0 Å². The summed E-state index contributed by atoms with van der Waals surface area (Å²) >= 11 is 0. The fourth-order valence-electron chi connectivity index (χ4n) is 3.40. The van der Waals surface area contributed by atoms with Crippen LogP contribution in [0, 0.1) is 0 Å². The minimum atomic E-state index is -0.704. The van der Waals surface area contributed by atoms with Gasteiger partial charge in [0.15, 0.2) is 0 Å². The Morgan fingerprint density at radius 3 is 2.53 bits per heavy atom. The highest BCUT2D eigenvalue weighted by atomic mass is 19.1. The summed E-state index contributed by atoms with van der Waals surface area (Å²) in [5.41, 5.74) is -0.684. The highest BCUT2D eigenvalue weighted by molar-refractivity contribution is 5.20. The van der Waals surface area contributed by atoms with Crippen LogP contribution in [0.1, 0.15) is 46.0 Å². The maximum atomic E-state index is 13.3. The number of alkyl halides is 1. The Labute approximate surface area is 91.5 Å². The summed E-state index contributed by atoms with van der Waals surface area (Å²) in [5.74, 6) is 0. The van der Waals surface area contributed by atoms with Gasteiger partial charge in [-0.05, 0) is 32.2 Å². The molecule has 0 aromatic carbocycles. The molecule has 0 aromatic rings. The lowest BCUT2D eigenvalue weighted by Crippen LogP contribution is -2.50. The van der Waals surface area contributed by atoms with E-state index in [4.69, 9.17) is 0 Å². The monoisotopic (exact) mass is 215 g/mol. The van der Waals surface area contributed by atoms with E-state index in [1.165, 1.54) is 0 Å². The van der Waals surface area contributed by atoms with Crippen molar-refractivity contribution in [2.75, 3.05) is 13.1 Å². The number of fused-ring (bicyclic) bond motifs is 1. The maximum Gasteiger partial charge on any atom is 0.115 e. The molecule has 2 atom stereocenters. The van der Waals surface area contributed by atoms with Gasteiger partial charge in [-0.25, -0.2) is 4.39 Å². The van der Waals surface area contributed by atoms with Crippen molar-refractivity contribution in [3.8, 4) is 0 Å². The number of hydrogen-bond acceptors (Lipinski definition) is 2. The van der Waals surface area contributed by atoms with Crippen molar-refractivity contribution in [2.24, 2.45) is 0 Å². The lowest BCUT2D eigenvalue weighted by molar-refractivity contribution is -0.00543. The average Bonchev–Trinajstić information content (AvgIpc) is 2.71. The summed E-state index contributed by atoms with van der Waals surface area (Å²) < 4.78 is 13.3. The van der Waals surface area contributed by atoms with E-state index in [9.17, 15) is 9.50 Å². The van der Waals surface area contributed by atoms with Gasteiger partial charge in [0.1, 0.15) is 6.17 Å². The summed E-state index contributed by atoms with van der Waals surface area (Å²) in [7, 11) is 0. The highest BCUT2D eigenvalue weighted by Gasteiger charge is 2.65. The lowest BCUT2D eigenvalue weighted by Gasteiger charge is -2.36. The van der Waals surface area contributed by atoms with E-state index < -0.39 is 11.8 Å². The summed E-state index contributed by atoms with van der Waals surface area (Å²) in [5, 5.41) is 10.2. The zero-order chi connectivity index (χ0) is 11.1. The number of aliphatic hydroxyl groups is 1. The molecule has 0 aromatic heterocycles. The fourth-order valence-corrected chi connectivity index (χ4v) is 3.40. The van der Waals surface area contributed by atoms with E-state index in [-0.39, 0.29) is 5.54 Å². The molecule has 2 nitrogen and oxygen atoms in total. The molecule has 88 valence electrons. The molecule has 0 amide bonds. The second kappa shape index (κ2) is 3.70. The third kappa shape index (κ3) is 1.51. The van der Waals surface area contributed by atoms with Crippen LogP contribution in [0.4, 0.5) is 4.39 Å². The van der Waals surface area contributed by atoms with Crippen molar-refractivity contribution >= 4 is 0 Å². The van der Waals surface area contributed by atoms with Gasteiger partial charge in [0.05, 0.1) is 11.1 Å². The fraction of sp³-hybridized carbons (Fsp3) is 1.00. The van der Waals surface area contributed by atoms with Gasteiger partial charge in [-0.1, -0.05) is 13.8 Å². The van der Waals surface area contributed by atoms with Gasteiger partial charge in [-0.3, -0.25) is 4.90 Å². The molecule has 3 aliphatic rings. The zero-order valence-corrected chi connectivity index (χ0v) is 9.80. The van der Waals surface area contributed by atoms with Gasteiger partial charge in [0.2, 0.25) is 0 Å². The third-order valence-electron chi connectivity index (χ3n) is 4.19. The first-order valence-corrected chi connectivity index (χ1v) is 6.28. The zero-order valence-electron chi connectivity index (χ0n) is 9.80. The molecular formula is C12H22FNO. The Hall–Kier alpha value is -0.150. The predicted octanol–water partition coefficient (Wildman–Crippen LogP) is 2.11. The molecule has 3 heteroatoms. The normalized spacial score (nSPS) is 42.0. The average molecular weight is 215 g/mol. The van der Waals surface area contributed by atoms with Crippen molar-refractivity contribution in [3.05, 3.63) is 0 Å². The lowest BCUT2D eigenvalue weighted by atomic mass is 9.85. The molecule has 15 heavy (non-hydrogen) atoms. The summed E-state index contributed by atoms with van der Waals surface area (Å²) in [6, 6.07) is 0. The largest absolute Gasteiger partial charge is 0.388 e. The molecular weight excluding hydrogens is 193 g/mol. The number of hydrogen-bond donors (Lipinski definition) is 1. The standard InChI is InChI=1S/C10H16FNO.C2H6/c11-8-6-9(10(13)3-4-10)2-1-5-12(9)7-8;1-2/h8,13H,1-7H2;1-2H3. The van der Waals surface area contributed by atoms with Gasteiger partial charge in [-0.15, -0.1) is 0 Å². The molecule has 2 heterocycles. The second-order valence-corrected chi connectivity index (χ2v) is 4.91. The number of rotatable bonds is 1. The summed E-state index contributed by atoms with van der Waals surface area (Å²) in [6.45, 7) is 5.55. The Morgan fingerprint density at radius 2 is 1.93 bits per heavy atom. The van der Waals surface area contributed by atoms with Gasteiger partial charge in [-0.2, -0.15) is 0 Å². The Morgan fingerprint density at radius 1 is 1.27 bits per heavy atom. The number of nitrogens with zero attached hydrogens (tertiary/aromatic N) is 1. The molecule has 1 N–H and O–H groups in total. The van der Waals surface area contributed by atoms with Gasteiger partial charge in [0, 0.05) is 13.0 Å². The van der Waals surface area contributed by atoms with Crippen molar-refractivity contribution in [2.45, 2.75) is 63.3 Å². The van der Waals surface area contributed by atoms with Gasteiger partial charge >= 0.3 is 0 Å². The topological polar surface area (TPSA) is 23.5 Å². The number of halogens is 1. The van der Waals surface area contributed by atoms with Crippen molar-refractivity contribution in [1.82, 2.24) is 4.90 Å². The summed E-state index contributed by atoms with van der Waals surface area (Å²) in [4.78, 5) is 2.20. The predicted molar refractivity (Wildman–Crippen MR) is 58.6 cm³/mol. The van der Waals surface area contributed by atoms with Gasteiger partial charge in [0.25, 0.3) is 0 Å². The van der Waals surface area contributed by atoms with Crippen LogP contribution < -0.4 is 0 Å². The molecule has 2 unspecified atom stereocenters. The Bertz CT molecular complexity index is 242. The maximum absolute atomic E-state index is 13.3. The second-order valence-electron chi connectivity index (χ2n) is 4.91. The molecule has 3 fully saturated rings. The molecule has 2 aliphatic heterocycles. The molecule has 1 aliphatic carbocycles. The Balaban J connectivity index is 0.000000404. The molecule has 2 saturated heterocycles. The minimum absolute atomic E-state index is 0.160. The Kier molecular flexibility index (Phi) is 2.80. The summed E-state index contributed by atoms with van der Waals surface area (Å²) in [6.07, 6.45) is 3.78. The van der Waals surface area contributed by atoms with Crippen LogP contribution in [0.5, 0.6) is 0 Å². The molecule has 1 saturated carbocycles. The van der Waals surface area contributed by atoms with E-state index in [0.717, 1.165) is 32.2 Å². The van der Waals surface area contributed by atoms with E-state index in [0.29, 0.717) is 13.0 Å². The van der Waals surface area contributed by atoms with E-state index in [2.05, 4.69) is 4.90 Å². The molecule has 0 spiro atoms. The SMILES string of the molecule is CC.OC1(C23CCCN2CC(F)C3)CC1. The van der Waals surface area contributed by atoms with Crippen molar-refractivity contribution in [1.29, 1.82) is 0 Å².